The van der Waals surface area contributed by atoms with Crippen molar-refractivity contribution in [2.45, 2.75) is 39.2 Å². The monoisotopic (exact) mass is 203 g/mol. The van der Waals surface area contributed by atoms with Gasteiger partial charge >= 0.3 is 0 Å². The normalized spacial score (nSPS) is 26.1. The van der Waals surface area contributed by atoms with E-state index < -0.39 is 0 Å². The SMILES string of the molecule is CC1CNC(c2ccccc2C(C)C)C1. The van der Waals surface area contributed by atoms with Gasteiger partial charge in [-0.15, -0.1) is 0 Å². The Bertz CT molecular complexity index is 330. The zero-order valence-electron chi connectivity index (χ0n) is 9.96. The zero-order valence-corrected chi connectivity index (χ0v) is 9.96. The van der Waals surface area contributed by atoms with Crippen LogP contribution in [0.4, 0.5) is 0 Å². The van der Waals surface area contributed by atoms with Crippen molar-refractivity contribution in [3.05, 3.63) is 35.4 Å². The minimum Gasteiger partial charge on any atom is -0.310 e. The van der Waals surface area contributed by atoms with E-state index in [1.54, 1.807) is 0 Å². The average Bonchev–Trinajstić information content (AvgIpc) is 2.65. The number of hydrogen-bond donors (Lipinski definition) is 1. The standard InChI is InChI=1S/C14H21N/c1-10(2)12-6-4-5-7-13(12)14-8-11(3)9-15-14/h4-7,10-11,14-15H,8-9H2,1-3H3. The van der Waals surface area contributed by atoms with Crippen LogP contribution in [0.5, 0.6) is 0 Å². The lowest BCUT2D eigenvalue weighted by atomic mass is 9.91. The van der Waals surface area contributed by atoms with Gasteiger partial charge in [-0.25, -0.2) is 0 Å². The van der Waals surface area contributed by atoms with Crippen molar-refractivity contribution >= 4 is 0 Å². The molecule has 0 spiro atoms. The molecule has 2 rings (SSSR count). The maximum absolute atomic E-state index is 3.62. The maximum atomic E-state index is 3.62. The molecule has 2 unspecified atom stereocenters. The van der Waals surface area contributed by atoms with Gasteiger partial charge in [-0.2, -0.15) is 0 Å². The Morgan fingerprint density at radius 1 is 1.27 bits per heavy atom. The summed E-state index contributed by atoms with van der Waals surface area (Å²) in [4.78, 5) is 0. The van der Waals surface area contributed by atoms with Gasteiger partial charge in [0.25, 0.3) is 0 Å². The van der Waals surface area contributed by atoms with E-state index in [2.05, 4.69) is 50.4 Å². The average molecular weight is 203 g/mol. The van der Waals surface area contributed by atoms with Crippen LogP contribution in [0, 0.1) is 5.92 Å². The Kier molecular flexibility index (Phi) is 3.11. The van der Waals surface area contributed by atoms with Gasteiger partial charge in [0, 0.05) is 6.04 Å². The predicted octanol–water partition coefficient (Wildman–Crippen LogP) is 3.48. The first-order valence-electron chi connectivity index (χ1n) is 6.00. The largest absolute Gasteiger partial charge is 0.310 e. The number of nitrogens with one attached hydrogen (secondary N) is 1. The molecule has 0 amide bonds. The fraction of sp³-hybridized carbons (Fsp3) is 0.571. The summed E-state index contributed by atoms with van der Waals surface area (Å²) in [5.74, 6) is 1.44. The Balaban J connectivity index is 2.27. The molecule has 1 nitrogen and oxygen atoms in total. The number of rotatable bonds is 2. The summed E-state index contributed by atoms with van der Waals surface area (Å²) in [5, 5.41) is 3.62. The molecular weight excluding hydrogens is 182 g/mol. The van der Waals surface area contributed by atoms with Crippen molar-refractivity contribution in [1.29, 1.82) is 0 Å². The first-order valence-corrected chi connectivity index (χ1v) is 6.00. The molecule has 0 saturated carbocycles. The highest BCUT2D eigenvalue weighted by Crippen LogP contribution is 2.31. The fourth-order valence-corrected chi connectivity index (χ4v) is 2.50. The molecular formula is C14H21N. The van der Waals surface area contributed by atoms with Gasteiger partial charge in [-0.05, 0) is 35.9 Å². The van der Waals surface area contributed by atoms with E-state index >= 15 is 0 Å². The van der Waals surface area contributed by atoms with E-state index in [4.69, 9.17) is 0 Å². The highest BCUT2D eigenvalue weighted by molar-refractivity contribution is 5.33. The minimum absolute atomic E-state index is 0.582. The summed E-state index contributed by atoms with van der Waals surface area (Å²) in [7, 11) is 0. The molecule has 1 fully saturated rings. The summed E-state index contributed by atoms with van der Waals surface area (Å²) in [6.45, 7) is 8.04. The van der Waals surface area contributed by atoms with E-state index in [0.717, 1.165) is 12.5 Å². The van der Waals surface area contributed by atoms with Crippen molar-refractivity contribution in [1.82, 2.24) is 5.32 Å². The second-order valence-corrected chi connectivity index (χ2v) is 5.09. The topological polar surface area (TPSA) is 12.0 Å². The van der Waals surface area contributed by atoms with Crippen LogP contribution in [0.2, 0.25) is 0 Å². The van der Waals surface area contributed by atoms with Gasteiger partial charge in [0.05, 0.1) is 0 Å². The van der Waals surface area contributed by atoms with Crippen LogP contribution >= 0.6 is 0 Å². The van der Waals surface area contributed by atoms with Gasteiger partial charge < -0.3 is 5.32 Å². The van der Waals surface area contributed by atoms with Crippen LogP contribution in [0.1, 0.15) is 50.3 Å². The van der Waals surface area contributed by atoms with E-state index in [0.29, 0.717) is 12.0 Å². The van der Waals surface area contributed by atoms with Crippen LogP contribution in [0.3, 0.4) is 0 Å². The second-order valence-electron chi connectivity index (χ2n) is 5.09. The third kappa shape index (κ3) is 2.23. The summed E-state index contributed by atoms with van der Waals surface area (Å²) < 4.78 is 0. The highest BCUT2D eigenvalue weighted by atomic mass is 14.9. The van der Waals surface area contributed by atoms with Crippen molar-refractivity contribution in [2.75, 3.05) is 6.54 Å². The third-order valence-electron chi connectivity index (χ3n) is 3.34. The van der Waals surface area contributed by atoms with Crippen LogP contribution in [0.25, 0.3) is 0 Å². The molecule has 0 radical (unpaired) electrons. The molecule has 0 aromatic heterocycles. The molecule has 1 N–H and O–H groups in total. The molecule has 1 aliphatic rings. The molecule has 1 aliphatic heterocycles. The van der Waals surface area contributed by atoms with E-state index in [9.17, 15) is 0 Å². The predicted molar refractivity (Wildman–Crippen MR) is 65.1 cm³/mol. The quantitative estimate of drug-likeness (QED) is 0.776. The first-order chi connectivity index (χ1) is 7.18. The van der Waals surface area contributed by atoms with Crippen LogP contribution in [-0.4, -0.2) is 6.54 Å². The minimum atomic E-state index is 0.582. The van der Waals surface area contributed by atoms with E-state index in [-0.39, 0.29) is 0 Å². The zero-order chi connectivity index (χ0) is 10.8. The molecule has 0 aliphatic carbocycles. The third-order valence-corrected chi connectivity index (χ3v) is 3.34. The van der Waals surface area contributed by atoms with Crippen LogP contribution in [-0.2, 0) is 0 Å². The molecule has 1 saturated heterocycles. The summed E-state index contributed by atoms with van der Waals surface area (Å²) in [5.41, 5.74) is 3.01. The maximum Gasteiger partial charge on any atom is 0.0326 e. The van der Waals surface area contributed by atoms with Crippen LogP contribution in [0.15, 0.2) is 24.3 Å². The lowest BCUT2D eigenvalue weighted by molar-refractivity contribution is 0.603. The van der Waals surface area contributed by atoms with E-state index in [1.807, 2.05) is 0 Å². The van der Waals surface area contributed by atoms with Gasteiger partial charge in [-0.3, -0.25) is 0 Å². The Labute approximate surface area is 92.9 Å². The molecule has 15 heavy (non-hydrogen) atoms. The summed E-state index contributed by atoms with van der Waals surface area (Å²) in [6.07, 6.45) is 1.28. The molecule has 82 valence electrons. The van der Waals surface area contributed by atoms with Crippen molar-refractivity contribution < 1.29 is 0 Å². The Morgan fingerprint density at radius 3 is 2.60 bits per heavy atom. The molecule has 1 aromatic rings. The van der Waals surface area contributed by atoms with Gasteiger partial charge in [0.15, 0.2) is 0 Å². The molecule has 1 heterocycles. The van der Waals surface area contributed by atoms with E-state index in [1.165, 1.54) is 17.5 Å². The highest BCUT2D eigenvalue weighted by Gasteiger charge is 2.24. The Hall–Kier alpha value is -0.820. The van der Waals surface area contributed by atoms with Crippen molar-refractivity contribution in [3.63, 3.8) is 0 Å². The lowest BCUT2D eigenvalue weighted by Crippen LogP contribution is -2.15. The summed E-state index contributed by atoms with van der Waals surface area (Å²) >= 11 is 0. The van der Waals surface area contributed by atoms with Crippen LogP contribution < -0.4 is 5.32 Å². The molecule has 1 heteroatoms. The van der Waals surface area contributed by atoms with Gasteiger partial charge in [0.1, 0.15) is 0 Å². The molecule has 1 aromatic carbocycles. The first kappa shape index (κ1) is 10.7. The number of hydrogen-bond acceptors (Lipinski definition) is 1. The number of benzene rings is 1. The second kappa shape index (κ2) is 4.36. The lowest BCUT2D eigenvalue weighted by Gasteiger charge is -2.18. The van der Waals surface area contributed by atoms with Crippen molar-refractivity contribution in [3.8, 4) is 0 Å². The fourth-order valence-electron chi connectivity index (χ4n) is 2.50. The van der Waals surface area contributed by atoms with Crippen molar-refractivity contribution in [2.24, 2.45) is 5.92 Å². The smallest absolute Gasteiger partial charge is 0.0326 e. The Morgan fingerprint density at radius 2 is 2.00 bits per heavy atom. The van der Waals surface area contributed by atoms with Gasteiger partial charge in [0.2, 0.25) is 0 Å². The summed E-state index contributed by atoms with van der Waals surface area (Å²) in [6, 6.07) is 9.44. The molecule has 2 atom stereocenters. The van der Waals surface area contributed by atoms with Gasteiger partial charge in [-0.1, -0.05) is 45.0 Å². The molecule has 0 bridgehead atoms.